The van der Waals surface area contributed by atoms with Gasteiger partial charge in [-0.1, -0.05) is 23.7 Å². The number of hydrogen-bond acceptors (Lipinski definition) is 3. The Bertz CT molecular complexity index is 755. The number of nitrogens with one attached hydrogen (secondary N) is 2. The van der Waals surface area contributed by atoms with Crippen molar-refractivity contribution in [1.29, 1.82) is 0 Å². The molecule has 0 saturated heterocycles. The molecule has 0 radical (unpaired) electrons. The van der Waals surface area contributed by atoms with Crippen LogP contribution in [0.2, 0.25) is 5.02 Å². The minimum absolute atomic E-state index is 0.0436. The Morgan fingerprint density at radius 3 is 2.16 bits per heavy atom. The first-order chi connectivity index (χ1) is 11.9. The molecule has 0 unspecified atom stereocenters. The van der Waals surface area contributed by atoms with Gasteiger partial charge in [0.2, 0.25) is 11.8 Å². The topological polar surface area (TPSA) is 75.3 Å². The van der Waals surface area contributed by atoms with Crippen LogP contribution in [0.15, 0.2) is 48.5 Å². The summed E-state index contributed by atoms with van der Waals surface area (Å²) in [7, 11) is 0. The van der Waals surface area contributed by atoms with E-state index < -0.39 is 5.91 Å². The molecule has 130 valence electrons. The van der Waals surface area contributed by atoms with E-state index in [-0.39, 0.29) is 18.1 Å². The third-order valence-corrected chi connectivity index (χ3v) is 3.80. The zero-order valence-corrected chi connectivity index (χ0v) is 14.6. The molecule has 0 fully saturated rings. The predicted molar refractivity (Wildman–Crippen MR) is 97.9 cm³/mol. The first-order valence-corrected chi connectivity index (χ1v) is 8.24. The van der Waals surface area contributed by atoms with Crippen LogP contribution >= 0.6 is 11.6 Å². The lowest BCUT2D eigenvalue weighted by atomic mass is 10.1. The third-order valence-electron chi connectivity index (χ3n) is 3.55. The first-order valence-electron chi connectivity index (χ1n) is 7.86. The Kier molecular flexibility index (Phi) is 6.71. The lowest BCUT2D eigenvalue weighted by molar-refractivity contribution is -0.126. The largest absolute Gasteiger partial charge is 0.355 e. The average Bonchev–Trinajstić information content (AvgIpc) is 2.57. The van der Waals surface area contributed by atoms with Gasteiger partial charge < -0.3 is 10.6 Å². The maximum Gasteiger partial charge on any atom is 0.233 e. The van der Waals surface area contributed by atoms with Gasteiger partial charge in [-0.25, -0.2) is 0 Å². The molecule has 6 heteroatoms. The van der Waals surface area contributed by atoms with Crippen molar-refractivity contribution in [2.24, 2.45) is 0 Å². The molecule has 0 aliphatic heterocycles. The molecular formula is C19H19ClN2O3. The van der Waals surface area contributed by atoms with Crippen LogP contribution in [0.25, 0.3) is 0 Å². The zero-order valence-electron chi connectivity index (χ0n) is 13.8. The van der Waals surface area contributed by atoms with E-state index in [4.69, 9.17) is 11.6 Å². The van der Waals surface area contributed by atoms with Crippen LogP contribution in [-0.2, 0) is 16.0 Å². The molecule has 2 aromatic carbocycles. The highest BCUT2D eigenvalue weighted by Crippen LogP contribution is 2.11. The van der Waals surface area contributed by atoms with Gasteiger partial charge in [0, 0.05) is 22.8 Å². The Morgan fingerprint density at radius 1 is 0.920 bits per heavy atom. The van der Waals surface area contributed by atoms with Crippen molar-refractivity contribution in [1.82, 2.24) is 5.32 Å². The maximum atomic E-state index is 11.9. The number of hydrogen-bond donors (Lipinski definition) is 2. The molecule has 0 aliphatic rings. The highest BCUT2D eigenvalue weighted by molar-refractivity contribution is 6.30. The summed E-state index contributed by atoms with van der Waals surface area (Å²) in [4.78, 5) is 34.8. The number of ketones is 1. The summed E-state index contributed by atoms with van der Waals surface area (Å²) in [5.41, 5.74) is 2.17. The Morgan fingerprint density at radius 2 is 1.56 bits per heavy atom. The van der Waals surface area contributed by atoms with Gasteiger partial charge in [0.05, 0.1) is 0 Å². The molecule has 2 rings (SSSR count). The number of Topliss-reactive ketones (excluding diaryl/α,β-unsaturated/α-hetero) is 1. The molecule has 2 aromatic rings. The van der Waals surface area contributed by atoms with Crippen LogP contribution < -0.4 is 10.6 Å². The van der Waals surface area contributed by atoms with Crippen molar-refractivity contribution < 1.29 is 14.4 Å². The number of anilines is 1. The predicted octanol–water partition coefficient (Wildman–Crippen LogP) is 3.23. The van der Waals surface area contributed by atoms with Gasteiger partial charge in [-0.3, -0.25) is 14.4 Å². The highest BCUT2D eigenvalue weighted by Gasteiger charge is 2.09. The molecule has 25 heavy (non-hydrogen) atoms. The number of halogens is 1. The SMILES string of the molecule is CC(=O)c1ccc(NC(=O)CC(=O)NCCc2ccc(Cl)cc2)cc1. The Labute approximate surface area is 151 Å². The molecular weight excluding hydrogens is 340 g/mol. The molecule has 0 atom stereocenters. The number of rotatable bonds is 7. The normalized spacial score (nSPS) is 10.2. The van der Waals surface area contributed by atoms with Crippen molar-refractivity contribution in [3.63, 3.8) is 0 Å². The molecule has 2 amide bonds. The van der Waals surface area contributed by atoms with Crippen LogP contribution in [0, 0.1) is 0 Å². The van der Waals surface area contributed by atoms with Crippen molar-refractivity contribution in [3.05, 3.63) is 64.7 Å². The molecule has 5 nitrogen and oxygen atoms in total. The molecule has 0 aliphatic carbocycles. The summed E-state index contributed by atoms with van der Waals surface area (Å²) in [6.07, 6.45) is 0.409. The highest BCUT2D eigenvalue weighted by atomic mass is 35.5. The Balaban J connectivity index is 1.73. The summed E-state index contributed by atoms with van der Waals surface area (Å²) < 4.78 is 0. The number of amides is 2. The molecule has 0 heterocycles. The maximum absolute atomic E-state index is 11.9. The second-order valence-corrected chi connectivity index (χ2v) is 6.02. The van der Waals surface area contributed by atoms with E-state index in [9.17, 15) is 14.4 Å². The van der Waals surface area contributed by atoms with Crippen molar-refractivity contribution in [2.45, 2.75) is 19.8 Å². The average molecular weight is 359 g/mol. The standard InChI is InChI=1S/C19H19ClN2O3/c1-13(23)15-4-8-17(9-5-15)22-19(25)12-18(24)21-11-10-14-2-6-16(20)7-3-14/h2-9H,10-12H2,1H3,(H,21,24)(H,22,25). The first kappa shape index (κ1) is 18.7. The van der Waals surface area contributed by atoms with Gasteiger partial charge in [-0.2, -0.15) is 0 Å². The summed E-state index contributed by atoms with van der Waals surface area (Å²) in [6.45, 7) is 1.92. The van der Waals surface area contributed by atoms with Gasteiger partial charge in [0.1, 0.15) is 6.42 Å². The lowest BCUT2D eigenvalue weighted by Gasteiger charge is -2.07. The van der Waals surface area contributed by atoms with Gasteiger partial charge in [0.25, 0.3) is 0 Å². The van der Waals surface area contributed by atoms with Gasteiger partial charge in [-0.15, -0.1) is 0 Å². The lowest BCUT2D eigenvalue weighted by Crippen LogP contribution is -2.29. The van der Waals surface area contributed by atoms with E-state index in [0.717, 1.165) is 5.56 Å². The van der Waals surface area contributed by atoms with E-state index in [1.165, 1.54) is 6.92 Å². The number of benzene rings is 2. The van der Waals surface area contributed by atoms with E-state index in [1.807, 2.05) is 12.1 Å². The molecule has 0 bridgehead atoms. The number of carbonyl (C=O) groups is 3. The fourth-order valence-electron chi connectivity index (χ4n) is 2.20. The second kappa shape index (κ2) is 8.99. The van der Waals surface area contributed by atoms with Crippen LogP contribution in [0.1, 0.15) is 29.3 Å². The smallest absolute Gasteiger partial charge is 0.233 e. The summed E-state index contributed by atoms with van der Waals surface area (Å²) in [5, 5.41) is 6.00. The van der Waals surface area contributed by atoms with E-state index >= 15 is 0 Å². The third kappa shape index (κ3) is 6.39. The quantitative estimate of drug-likeness (QED) is 0.589. The van der Waals surface area contributed by atoms with Crippen molar-refractivity contribution in [3.8, 4) is 0 Å². The van der Waals surface area contributed by atoms with E-state index in [2.05, 4.69) is 10.6 Å². The second-order valence-electron chi connectivity index (χ2n) is 5.58. The zero-order chi connectivity index (χ0) is 18.2. The minimum atomic E-state index is -0.403. The minimum Gasteiger partial charge on any atom is -0.355 e. The number of carbonyl (C=O) groups excluding carboxylic acids is 3. The molecule has 0 aromatic heterocycles. The van der Waals surface area contributed by atoms with Gasteiger partial charge >= 0.3 is 0 Å². The Hall–Kier alpha value is -2.66. The van der Waals surface area contributed by atoms with Crippen LogP contribution in [0.5, 0.6) is 0 Å². The van der Waals surface area contributed by atoms with Gasteiger partial charge in [0.15, 0.2) is 5.78 Å². The summed E-state index contributed by atoms with van der Waals surface area (Å²) >= 11 is 5.81. The fourth-order valence-corrected chi connectivity index (χ4v) is 2.33. The van der Waals surface area contributed by atoms with Crippen LogP contribution in [0.3, 0.4) is 0 Å². The van der Waals surface area contributed by atoms with Gasteiger partial charge in [-0.05, 0) is 55.3 Å². The molecule has 2 N–H and O–H groups in total. The van der Waals surface area contributed by atoms with Crippen LogP contribution in [0.4, 0.5) is 5.69 Å². The summed E-state index contributed by atoms with van der Waals surface area (Å²) in [6, 6.07) is 13.9. The molecule has 0 spiro atoms. The summed E-state index contributed by atoms with van der Waals surface area (Å²) in [5.74, 6) is -0.788. The van der Waals surface area contributed by atoms with Crippen LogP contribution in [-0.4, -0.2) is 24.1 Å². The van der Waals surface area contributed by atoms with E-state index in [1.54, 1.807) is 36.4 Å². The molecule has 0 saturated carbocycles. The van der Waals surface area contributed by atoms with Crippen molar-refractivity contribution in [2.75, 3.05) is 11.9 Å². The van der Waals surface area contributed by atoms with E-state index in [0.29, 0.717) is 29.2 Å². The monoisotopic (exact) mass is 358 g/mol. The van der Waals surface area contributed by atoms with Crippen molar-refractivity contribution >= 4 is 34.9 Å². The fraction of sp³-hybridized carbons (Fsp3) is 0.211.